The predicted octanol–water partition coefficient (Wildman–Crippen LogP) is 1.51. The largest absolute Gasteiger partial charge is 0.466 e. The molecule has 0 saturated carbocycles. The summed E-state index contributed by atoms with van der Waals surface area (Å²) in [5.41, 5.74) is 0.840. The second-order valence-electron chi connectivity index (χ2n) is 5.63. The number of aromatic nitrogens is 2. The molecule has 0 unspecified atom stereocenters. The molecule has 2 amide bonds. The van der Waals surface area contributed by atoms with Crippen LogP contribution in [-0.2, 0) is 9.53 Å². The molecule has 0 spiro atoms. The second-order valence-corrected chi connectivity index (χ2v) is 5.63. The Kier molecular flexibility index (Phi) is 5.52. The number of hydrogen-bond donors (Lipinski definition) is 1. The molecule has 1 aromatic carbocycles. The molecule has 1 N–H and O–H groups in total. The van der Waals surface area contributed by atoms with Gasteiger partial charge in [-0.15, -0.1) is 0 Å². The van der Waals surface area contributed by atoms with Gasteiger partial charge in [-0.1, -0.05) is 12.1 Å². The highest BCUT2D eigenvalue weighted by Crippen LogP contribution is 2.22. The number of carbonyl (C=O) groups excluding carboxylic acids is 3. The summed E-state index contributed by atoms with van der Waals surface area (Å²) in [7, 11) is 0. The van der Waals surface area contributed by atoms with Gasteiger partial charge in [0.15, 0.2) is 0 Å². The van der Waals surface area contributed by atoms with Crippen LogP contribution in [0.25, 0.3) is 0 Å². The van der Waals surface area contributed by atoms with E-state index in [1.54, 1.807) is 42.7 Å². The van der Waals surface area contributed by atoms with Gasteiger partial charge in [0.25, 0.3) is 11.8 Å². The lowest BCUT2D eigenvalue weighted by atomic mass is 10.1. The van der Waals surface area contributed by atoms with E-state index in [9.17, 15) is 14.4 Å². The third kappa shape index (κ3) is 4.02. The molecule has 2 heterocycles. The molecule has 26 heavy (non-hydrogen) atoms. The first-order chi connectivity index (χ1) is 12.7. The molecule has 2 aromatic rings. The number of anilines is 1. The van der Waals surface area contributed by atoms with Gasteiger partial charge in [-0.2, -0.15) is 0 Å². The van der Waals surface area contributed by atoms with Gasteiger partial charge in [0.2, 0.25) is 5.95 Å². The third-order valence-electron chi connectivity index (χ3n) is 3.85. The lowest BCUT2D eigenvalue weighted by Gasteiger charge is -2.13. The van der Waals surface area contributed by atoms with E-state index in [1.807, 2.05) is 0 Å². The molecule has 3 rings (SSSR count). The van der Waals surface area contributed by atoms with Gasteiger partial charge in [-0.05, 0) is 24.6 Å². The first-order valence-corrected chi connectivity index (χ1v) is 8.28. The second kappa shape index (κ2) is 8.19. The Morgan fingerprint density at radius 3 is 2.35 bits per heavy atom. The lowest BCUT2D eigenvalue weighted by molar-refractivity contribution is -0.143. The highest BCUT2D eigenvalue weighted by atomic mass is 16.5. The minimum Gasteiger partial charge on any atom is -0.466 e. The Bertz CT molecular complexity index is 775. The Labute approximate surface area is 150 Å². The molecule has 8 heteroatoms. The van der Waals surface area contributed by atoms with Crippen LogP contribution in [0.3, 0.4) is 0 Å². The highest BCUT2D eigenvalue weighted by molar-refractivity contribution is 6.21. The molecular weight excluding hydrogens is 336 g/mol. The fraction of sp³-hybridized carbons (Fsp3) is 0.278. The van der Waals surface area contributed by atoms with Crippen LogP contribution >= 0.6 is 0 Å². The van der Waals surface area contributed by atoms with Crippen molar-refractivity contribution < 1.29 is 19.1 Å². The van der Waals surface area contributed by atoms with Crippen LogP contribution in [0.4, 0.5) is 5.95 Å². The van der Waals surface area contributed by atoms with Gasteiger partial charge in [0.05, 0.1) is 24.2 Å². The first-order valence-electron chi connectivity index (χ1n) is 8.28. The zero-order chi connectivity index (χ0) is 18.4. The summed E-state index contributed by atoms with van der Waals surface area (Å²) in [6, 6.07) is 8.43. The number of nitrogens with one attached hydrogen (secondary N) is 1. The molecule has 134 valence electrons. The zero-order valence-electron chi connectivity index (χ0n) is 14.1. The lowest BCUT2D eigenvalue weighted by Crippen LogP contribution is -2.31. The quantitative estimate of drug-likeness (QED) is 0.435. The van der Waals surface area contributed by atoms with Crippen LogP contribution in [0.2, 0.25) is 0 Å². The van der Waals surface area contributed by atoms with E-state index in [1.165, 1.54) is 4.90 Å². The van der Waals surface area contributed by atoms with E-state index in [-0.39, 0.29) is 37.4 Å². The topological polar surface area (TPSA) is 101 Å². The Morgan fingerprint density at radius 2 is 1.69 bits per heavy atom. The SMILES string of the molecule is O=C(CCNc1ncccn1)OCCCN1C(=O)c2ccccc2C1=O. The molecule has 1 aromatic heterocycles. The maximum Gasteiger partial charge on any atom is 0.307 e. The number of benzene rings is 1. The zero-order valence-corrected chi connectivity index (χ0v) is 14.1. The summed E-state index contributed by atoms with van der Waals surface area (Å²) in [6.07, 6.45) is 3.78. The predicted molar refractivity (Wildman–Crippen MR) is 92.5 cm³/mol. The summed E-state index contributed by atoms with van der Waals surface area (Å²) in [4.78, 5) is 45.2. The number of ether oxygens (including phenoxy) is 1. The van der Waals surface area contributed by atoms with Crippen molar-refractivity contribution in [2.75, 3.05) is 25.0 Å². The van der Waals surface area contributed by atoms with Gasteiger partial charge in [0, 0.05) is 25.5 Å². The molecule has 1 aliphatic rings. The van der Waals surface area contributed by atoms with Gasteiger partial charge in [-0.25, -0.2) is 9.97 Å². The summed E-state index contributed by atoms with van der Waals surface area (Å²) in [5.74, 6) is -0.519. The number of amides is 2. The van der Waals surface area contributed by atoms with Crippen LogP contribution in [0.5, 0.6) is 0 Å². The Hall–Kier alpha value is -3.29. The van der Waals surface area contributed by atoms with Crippen molar-refractivity contribution in [3.63, 3.8) is 0 Å². The van der Waals surface area contributed by atoms with Crippen LogP contribution in [0, 0.1) is 0 Å². The number of esters is 1. The molecular formula is C18H18N4O4. The molecule has 0 atom stereocenters. The summed E-state index contributed by atoms with van der Waals surface area (Å²) in [6.45, 7) is 0.727. The van der Waals surface area contributed by atoms with E-state index < -0.39 is 0 Å². The fourth-order valence-corrected chi connectivity index (χ4v) is 2.59. The number of nitrogens with zero attached hydrogens (tertiary/aromatic N) is 3. The smallest absolute Gasteiger partial charge is 0.307 e. The standard InChI is InChI=1S/C18H18N4O4/c23-15(7-10-21-18-19-8-3-9-20-18)26-12-4-11-22-16(24)13-5-1-2-6-14(13)17(22)25/h1-3,5-6,8-9H,4,7,10-12H2,(H,19,20,21). The van der Waals surface area contributed by atoms with Crippen molar-refractivity contribution >= 4 is 23.7 Å². The van der Waals surface area contributed by atoms with E-state index in [0.29, 0.717) is 30.0 Å². The molecule has 1 aliphatic heterocycles. The summed E-state index contributed by atoms with van der Waals surface area (Å²) in [5, 5.41) is 2.91. The van der Waals surface area contributed by atoms with Gasteiger partial charge < -0.3 is 10.1 Å². The average molecular weight is 354 g/mol. The van der Waals surface area contributed by atoms with Gasteiger partial charge in [-0.3, -0.25) is 19.3 Å². The van der Waals surface area contributed by atoms with E-state index in [4.69, 9.17) is 4.74 Å². The number of rotatable bonds is 8. The van der Waals surface area contributed by atoms with Crippen molar-refractivity contribution in [1.82, 2.24) is 14.9 Å². The maximum absolute atomic E-state index is 12.2. The normalized spacial score (nSPS) is 12.8. The van der Waals surface area contributed by atoms with Crippen molar-refractivity contribution in [1.29, 1.82) is 0 Å². The number of hydrogen-bond acceptors (Lipinski definition) is 7. The van der Waals surface area contributed by atoms with Crippen LogP contribution in [0.1, 0.15) is 33.6 Å². The summed E-state index contributed by atoms with van der Waals surface area (Å²) >= 11 is 0. The first kappa shape index (κ1) is 17.5. The van der Waals surface area contributed by atoms with E-state index in [2.05, 4.69) is 15.3 Å². The number of imide groups is 1. The third-order valence-corrected chi connectivity index (χ3v) is 3.85. The monoisotopic (exact) mass is 354 g/mol. The van der Waals surface area contributed by atoms with Gasteiger partial charge >= 0.3 is 5.97 Å². The summed E-state index contributed by atoms with van der Waals surface area (Å²) < 4.78 is 5.12. The highest BCUT2D eigenvalue weighted by Gasteiger charge is 2.34. The average Bonchev–Trinajstić information content (AvgIpc) is 2.91. The van der Waals surface area contributed by atoms with E-state index in [0.717, 1.165) is 0 Å². The Balaban J connectivity index is 1.35. The molecule has 0 radical (unpaired) electrons. The van der Waals surface area contributed by atoms with Gasteiger partial charge in [0.1, 0.15) is 0 Å². The molecule has 8 nitrogen and oxygen atoms in total. The number of fused-ring (bicyclic) bond motifs is 1. The molecule has 0 saturated heterocycles. The van der Waals surface area contributed by atoms with E-state index >= 15 is 0 Å². The Morgan fingerprint density at radius 1 is 1.04 bits per heavy atom. The van der Waals surface area contributed by atoms with Crippen molar-refractivity contribution in [2.24, 2.45) is 0 Å². The minimum absolute atomic E-state index is 0.147. The molecule has 0 fully saturated rings. The number of carbonyl (C=O) groups is 3. The minimum atomic E-state index is -0.365. The molecule has 0 bridgehead atoms. The van der Waals surface area contributed by atoms with Crippen molar-refractivity contribution in [2.45, 2.75) is 12.8 Å². The van der Waals surface area contributed by atoms with Crippen LogP contribution in [0.15, 0.2) is 42.7 Å². The molecule has 0 aliphatic carbocycles. The van der Waals surface area contributed by atoms with Crippen molar-refractivity contribution in [3.8, 4) is 0 Å². The maximum atomic E-state index is 12.2. The van der Waals surface area contributed by atoms with Crippen LogP contribution in [-0.4, -0.2) is 52.3 Å². The van der Waals surface area contributed by atoms with Crippen molar-refractivity contribution in [3.05, 3.63) is 53.9 Å². The fourth-order valence-electron chi connectivity index (χ4n) is 2.59. The van der Waals surface area contributed by atoms with Crippen LogP contribution < -0.4 is 5.32 Å².